The van der Waals surface area contributed by atoms with Crippen molar-refractivity contribution in [1.82, 2.24) is 0 Å². The zero-order valence-corrected chi connectivity index (χ0v) is 12.5. The van der Waals surface area contributed by atoms with Crippen molar-refractivity contribution in [2.75, 3.05) is 6.54 Å². The monoisotopic (exact) mass is 297 g/mol. The Morgan fingerprint density at radius 3 is 2.41 bits per heavy atom. The van der Waals surface area contributed by atoms with Gasteiger partial charge in [0.05, 0.1) is 0 Å². The smallest absolute Gasteiger partial charge is 0.0177 e. The van der Waals surface area contributed by atoms with Gasteiger partial charge in [0, 0.05) is 4.47 Å². The Morgan fingerprint density at radius 1 is 1.18 bits per heavy atom. The van der Waals surface area contributed by atoms with Crippen molar-refractivity contribution < 1.29 is 0 Å². The number of hydrogen-bond donors (Lipinski definition) is 1. The van der Waals surface area contributed by atoms with E-state index in [0.717, 1.165) is 23.4 Å². The van der Waals surface area contributed by atoms with Crippen molar-refractivity contribution in [3.63, 3.8) is 0 Å². The molecule has 0 bridgehead atoms. The summed E-state index contributed by atoms with van der Waals surface area (Å²) in [4.78, 5) is 0. The van der Waals surface area contributed by atoms with E-state index < -0.39 is 0 Å². The van der Waals surface area contributed by atoms with E-state index in [4.69, 9.17) is 5.73 Å². The molecule has 0 spiro atoms. The van der Waals surface area contributed by atoms with Crippen molar-refractivity contribution in [2.45, 2.75) is 39.5 Å². The molecule has 96 valence electrons. The maximum absolute atomic E-state index is 5.90. The van der Waals surface area contributed by atoms with Crippen LogP contribution < -0.4 is 5.73 Å². The molecule has 1 rings (SSSR count). The average Bonchev–Trinajstić information content (AvgIpc) is 2.34. The Hall–Kier alpha value is -0.340. The minimum absolute atomic E-state index is 0.620. The third-order valence-electron chi connectivity index (χ3n) is 3.57. The fourth-order valence-corrected chi connectivity index (χ4v) is 2.80. The van der Waals surface area contributed by atoms with E-state index in [1.807, 2.05) is 0 Å². The molecule has 1 unspecified atom stereocenters. The lowest BCUT2D eigenvalue weighted by atomic mass is 9.87. The number of benzene rings is 1. The quantitative estimate of drug-likeness (QED) is 0.793. The standard InChI is InChI=1S/C15H24BrN/c1-3-12(4-2)8-14(11-17)9-13-6-5-7-15(16)10-13/h5-7,10,12,14H,3-4,8-9,11,17H2,1-2H3. The SMILES string of the molecule is CCC(CC)CC(CN)Cc1cccc(Br)c1. The van der Waals surface area contributed by atoms with E-state index in [1.165, 1.54) is 24.8 Å². The lowest BCUT2D eigenvalue weighted by molar-refractivity contribution is 0.356. The second kappa shape index (κ2) is 7.88. The van der Waals surface area contributed by atoms with Crippen LogP contribution in [0.25, 0.3) is 0 Å². The first kappa shape index (κ1) is 14.7. The largest absolute Gasteiger partial charge is 0.330 e. The van der Waals surface area contributed by atoms with Crippen LogP contribution in [0.3, 0.4) is 0 Å². The predicted molar refractivity (Wildman–Crippen MR) is 79.1 cm³/mol. The van der Waals surface area contributed by atoms with Crippen LogP contribution in [0.5, 0.6) is 0 Å². The summed E-state index contributed by atoms with van der Waals surface area (Å²) in [5, 5.41) is 0. The zero-order chi connectivity index (χ0) is 12.7. The molecule has 0 heterocycles. The summed E-state index contributed by atoms with van der Waals surface area (Å²) < 4.78 is 1.16. The van der Waals surface area contributed by atoms with Crippen LogP contribution in [0, 0.1) is 11.8 Å². The molecular weight excluding hydrogens is 274 g/mol. The van der Waals surface area contributed by atoms with Gasteiger partial charge in [0.25, 0.3) is 0 Å². The van der Waals surface area contributed by atoms with Crippen LogP contribution in [0.4, 0.5) is 0 Å². The van der Waals surface area contributed by atoms with Crippen LogP contribution in [0.2, 0.25) is 0 Å². The van der Waals surface area contributed by atoms with E-state index in [0.29, 0.717) is 5.92 Å². The molecule has 0 saturated carbocycles. The summed E-state index contributed by atoms with van der Waals surface area (Å²) >= 11 is 3.52. The Morgan fingerprint density at radius 2 is 1.88 bits per heavy atom. The number of hydrogen-bond acceptors (Lipinski definition) is 1. The second-order valence-electron chi connectivity index (χ2n) is 4.85. The highest BCUT2D eigenvalue weighted by Gasteiger charge is 2.13. The third-order valence-corrected chi connectivity index (χ3v) is 4.06. The Labute approximate surface area is 114 Å². The topological polar surface area (TPSA) is 26.0 Å². The van der Waals surface area contributed by atoms with Crippen molar-refractivity contribution in [3.05, 3.63) is 34.3 Å². The molecule has 1 atom stereocenters. The molecule has 2 N–H and O–H groups in total. The molecule has 0 aliphatic heterocycles. The highest BCUT2D eigenvalue weighted by molar-refractivity contribution is 9.10. The molecule has 1 nitrogen and oxygen atoms in total. The first-order chi connectivity index (χ1) is 8.19. The molecule has 0 aliphatic rings. The molecule has 0 radical (unpaired) electrons. The summed E-state index contributed by atoms with van der Waals surface area (Å²) in [5.41, 5.74) is 7.29. The maximum atomic E-state index is 5.90. The first-order valence-corrected chi connectivity index (χ1v) is 7.43. The van der Waals surface area contributed by atoms with Gasteiger partial charge in [-0.05, 0) is 48.9 Å². The van der Waals surface area contributed by atoms with Crippen LogP contribution >= 0.6 is 15.9 Å². The van der Waals surface area contributed by atoms with E-state index in [1.54, 1.807) is 0 Å². The molecule has 0 aromatic heterocycles. The molecular formula is C15H24BrN. The Balaban J connectivity index is 2.57. The van der Waals surface area contributed by atoms with Gasteiger partial charge in [-0.25, -0.2) is 0 Å². The molecule has 1 aromatic rings. The molecule has 0 saturated heterocycles. The number of nitrogens with two attached hydrogens (primary N) is 1. The van der Waals surface area contributed by atoms with Gasteiger partial charge in [-0.1, -0.05) is 54.8 Å². The van der Waals surface area contributed by atoms with Crippen LogP contribution in [-0.4, -0.2) is 6.54 Å². The Bertz CT molecular complexity index is 320. The minimum Gasteiger partial charge on any atom is -0.330 e. The normalized spacial score (nSPS) is 13.0. The number of halogens is 1. The van der Waals surface area contributed by atoms with Crippen LogP contribution in [-0.2, 0) is 6.42 Å². The van der Waals surface area contributed by atoms with Gasteiger partial charge in [0.2, 0.25) is 0 Å². The summed E-state index contributed by atoms with van der Waals surface area (Å²) in [6.45, 7) is 5.35. The fourth-order valence-electron chi connectivity index (χ4n) is 2.35. The van der Waals surface area contributed by atoms with Crippen molar-refractivity contribution >= 4 is 15.9 Å². The zero-order valence-electron chi connectivity index (χ0n) is 11.0. The van der Waals surface area contributed by atoms with E-state index in [-0.39, 0.29) is 0 Å². The average molecular weight is 298 g/mol. The van der Waals surface area contributed by atoms with E-state index in [9.17, 15) is 0 Å². The lowest BCUT2D eigenvalue weighted by Gasteiger charge is -2.20. The second-order valence-corrected chi connectivity index (χ2v) is 5.77. The number of rotatable bonds is 7. The van der Waals surface area contributed by atoms with Gasteiger partial charge in [-0.15, -0.1) is 0 Å². The van der Waals surface area contributed by atoms with Gasteiger partial charge < -0.3 is 5.73 Å². The summed E-state index contributed by atoms with van der Waals surface area (Å²) in [5.74, 6) is 1.45. The van der Waals surface area contributed by atoms with Crippen molar-refractivity contribution in [2.24, 2.45) is 17.6 Å². The molecule has 1 aromatic carbocycles. The Kier molecular flexibility index (Phi) is 6.83. The lowest BCUT2D eigenvalue weighted by Crippen LogP contribution is -2.20. The summed E-state index contributed by atoms with van der Waals surface area (Å²) in [6.07, 6.45) is 4.90. The minimum atomic E-state index is 0.620. The van der Waals surface area contributed by atoms with Gasteiger partial charge in [0.1, 0.15) is 0 Å². The van der Waals surface area contributed by atoms with Gasteiger partial charge in [-0.3, -0.25) is 0 Å². The van der Waals surface area contributed by atoms with Gasteiger partial charge >= 0.3 is 0 Å². The molecule has 0 fully saturated rings. The van der Waals surface area contributed by atoms with E-state index >= 15 is 0 Å². The molecule has 0 amide bonds. The highest BCUT2D eigenvalue weighted by Crippen LogP contribution is 2.22. The summed E-state index contributed by atoms with van der Waals surface area (Å²) in [6, 6.07) is 8.57. The van der Waals surface area contributed by atoms with Crippen LogP contribution in [0.15, 0.2) is 28.7 Å². The highest BCUT2D eigenvalue weighted by atomic mass is 79.9. The first-order valence-electron chi connectivity index (χ1n) is 6.64. The van der Waals surface area contributed by atoms with Gasteiger partial charge in [0.15, 0.2) is 0 Å². The third kappa shape index (κ3) is 5.22. The van der Waals surface area contributed by atoms with Crippen molar-refractivity contribution in [1.29, 1.82) is 0 Å². The fraction of sp³-hybridized carbons (Fsp3) is 0.600. The summed E-state index contributed by atoms with van der Waals surface area (Å²) in [7, 11) is 0. The molecule has 0 aliphatic carbocycles. The van der Waals surface area contributed by atoms with Crippen LogP contribution in [0.1, 0.15) is 38.7 Å². The van der Waals surface area contributed by atoms with E-state index in [2.05, 4.69) is 54.0 Å². The van der Waals surface area contributed by atoms with Gasteiger partial charge in [-0.2, -0.15) is 0 Å². The maximum Gasteiger partial charge on any atom is 0.0177 e. The predicted octanol–water partition coefficient (Wildman–Crippen LogP) is 4.39. The van der Waals surface area contributed by atoms with Crippen molar-refractivity contribution in [3.8, 4) is 0 Å². The molecule has 17 heavy (non-hydrogen) atoms. The molecule has 2 heteroatoms.